The van der Waals surface area contributed by atoms with Crippen LogP contribution in [0.1, 0.15) is 70.6 Å². The van der Waals surface area contributed by atoms with Gasteiger partial charge in [0.05, 0.1) is 0 Å². The number of rotatable bonds is 1. The summed E-state index contributed by atoms with van der Waals surface area (Å²) in [5.74, 6) is 4.30. The maximum Gasteiger partial charge on any atom is 0.234 e. The van der Waals surface area contributed by atoms with Gasteiger partial charge in [0.15, 0.2) is 0 Å². The Labute approximate surface area is 134 Å². The van der Waals surface area contributed by atoms with Gasteiger partial charge >= 0.3 is 0 Å². The molecule has 6 atom stereocenters. The van der Waals surface area contributed by atoms with E-state index in [4.69, 9.17) is 6.42 Å². The lowest BCUT2D eigenvalue weighted by Gasteiger charge is -2.57. The van der Waals surface area contributed by atoms with Gasteiger partial charge in [-0.2, -0.15) is 0 Å². The molecule has 0 aromatic carbocycles. The van der Waals surface area contributed by atoms with E-state index in [-0.39, 0.29) is 0 Å². The molecule has 0 aliphatic heterocycles. The van der Waals surface area contributed by atoms with E-state index >= 15 is 0 Å². The minimum Gasteiger partial charge on any atom is -0.355 e. The van der Waals surface area contributed by atoms with Crippen molar-refractivity contribution in [1.29, 1.82) is 0 Å². The van der Waals surface area contributed by atoms with Crippen molar-refractivity contribution in [2.45, 2.75) is 76.4 Å². The lowest BCUT2D eigenvalue weighted by molar-refractivity contribution is -0.239. The molecule has 0 heterocycles. The maximum atomic E-state index is 10.6. The van der Waals surface area contributed by atoms with Gasteiger partial charge in [-0.1, -0.05) is 25.7 Å². The molecule has 0 radical (unpaired) electrons. The third-order valence-corrected chi connectivity index (χ3v) is 8.12. The molecule has 0 saturated heterocycles. The third-order valence-electron chi connectivity index (χ3n) is 8.12. The van der Waals surface area contributed by atoms with Crippen molar-refractivity contribution in [3.8, 4) is 12.3 Å². The van der Waals surface area contributed by atoms with Crippen LogP contribution in [0, 0.1) is 47.3 Å². The van der Waals surface area contributed by atoms with Crippen LogP contribution >= 0.6 is 0 Å². The highest BCUT2D eigenvalue weighted by Gasteiger charge is 2.62. The van der Waals surface area contributed by atoms with Crippen molar-refractivity contribution in [1.82, 2.24) is 0 Å². The summed E-state index contributed by atoms with van der Waals surface area (Å²) in [6.45, 7) is 0. The zero-order valence-corrected chi connectivity index (χ0v) is 13.6. The van der Waals surface area contributed by atoms with Crippen molar-refractivity contribution in [3.05, 3.63) is 0 Å². The van der Waals surface area contributed by atoms with Crippen molar-refractivity contribution in [3.63, 3.8) is 0 Å². The van der Waals surface area contributed by atoms with E-state index in [0.717, 1.165) is 43.4 Å². The van der Waals surface area contributed by atoms with E-state index < -0.39 is 11.2 Å². The fraction of sp³-hybridized carbons (Fsp3) is 0.900. The SMILES string of the molecule is C#CC(O)(O)[C@@]12CCC[C@H]1[C@@H]1CCC3CCCC[C@@H]3[C@H]1CC2. The molecule has 0 aromatic rings. The second-order valence-electron chi connectivity index (χ2n) is 8.62. The summed E-state index contributed by atoms with van der Waals surface area (Å²) in [6, 6.07) is 0. The summed E-state index contributed by atoms with van der Waals surface area (Å²) in [4.78, 5) is 0. The molecule has 22 heavy (non-hydrogen) atoms. The quantitative estimate of drug-likeness (QED) is 0.572. The Morgan fingerprint density at radius 2 is 1.64 bits per heavy atom. The molecular weight excluding hydrogens is 272 g/mol. The first-order valence-electron chi connectivity index (χ1n) is 9.51. The number of aliphatic hydroxyl groups is 2. The molecule has 0 amide bonds. The molecule has 4 rings (SSSR count). The number of hydrogen-bond donors (Lipinski definition) is 2. The summed E-state index contributed by atoms with van der Waals surface area (Å²) in [5, 5.41) is 21.1. The van der Waals surface area contributed by atoms with Gasteiger partial charge in [-0.05, 0) is 80.5 Å². The van der Waals surface area contributed by atoms with Crippen molar-refractivity contribution in [2.24, 2.45) is 35.0 Å². The normalized spacial score (nSPS) is 48.0. The summed E-state index contributed by atoms with van der Waals surface area (Å²) in [5.41, 5.74) is -0.412. The van der Waals surface area contributed by atoms with Crippen molar-refractivity contribution in [2.75, 3.05) is 0 Å². The Kier molecular flexibility index (Phi) is 3.59. The third kappa shape index (κ3) is 1.95. The summed E-state index contributed by atoms with van der Waals surface area (Å²) < 4.78 is 0. The van der Waals surface area contributed by atoms with Crippen LogP contribution in [0.5, 0.6) is 0 Å². The van der Waals surface area contributed by atoms with Gasteiger partial charge in [0.1, 0.15) is 0 Å². The predicted molar refractivity (Wildman–Crippen MR) is 86.7 cm³/mol. The first-order chi connectivity index (χ1) is 10.6. The minimum absolute atomic E-state index is 0.412. The van der Waals surface area contributed by atoms with Crippen LogP contribution in [0.4, 0.5) is 0 Å². The predicted octanol–water partition coefficient (Wildman–Crippen LogP) is 3.71. The molecular formula is C20H30O2. The highest BCUT2D eigenvalue weighted by molar-refractivity contribution is 5.17. The summed E-state index contributed by atoms with van der Waals surface area (Å²) in [6.07, 6.45) is 19.2. The molecule has 0 spiro atoms. The smallest absolute Gasteiger partial charge is 0.234 e. The molecule has 2 heteroatoms. The van der Waals surface area contributed by atoms with Crippen LogP contribution in [0.25, 0.3) is 0 Å². The largest absolute Gasteiger partial charge is 0.355 e. The van der Waals surface area contributed by atoms with E-state index in [9.17, 15) is 10.2 Å². The maximum absolute atomic E-state index is 10.6. The van der Waals surface area contributed by atoms with E-state index in [2.05, 4.69) is 5.92 Å². The van der Waals surface area contributed by atoms with Crippen LogP contribution < -0.4 is 0 Å². The molecule has 0 bridgehead atoms. The Morgan fingerprint density at radius 1 is 0.818 bits per heavy atom. The lowest BCUT2D eigenvalue weighted by Crippen LogP contribution is -2.56. The molecule has 2 N–H and O–H groups in total. The Morgan fingerprint density at radius 3 is 2.45 bits per heavy atom. The fourth-order valence-corrected chi connectivity index (χ4v) is 7.23. The van der Waals surface area contributed by atoms with Gasteiger partial charge in [-0.3, -0.25) is 0 Å². The first-order valence-corrected chi connectivity index (χ1v) is 9.51. The fourth-order valence-electron chi connectivity index (χ4n) is 7.23. The van der Waals surface area contributed by atoms with Gasteiger partial charge in [0, 0.05) is 5.41 Å². The topological polar surface area (TPSA) is 40.5 Å². The highest BCUT2D eigenvalue weighted by Crippen LogP contribution is 2.65. The molecule has 122 valence electrons. The van der Waals surface area contributed by atoms with Crippen LogP contribution in [-0.4, -0.2) is 16.0 Å². The van der Waals surface area contributed by atoms with E-state index in [0.29, 0.717) is 11.8 Å². The van der Waals surface area contributed by atoms with Gasteiger partial charge in [0.2, 0.25) is 5.79 Å². The Bertz CT molecular complexity index is 477. The van der Waals surface area contributed by atoms with Crippen LogP contribution in [0.2, 0.25) is 0 Å². The van der Waals surface area contributed by atoms with Crippen LogP contribution in [0.3, 0.4) is 0 Å². The minimum atomic E-state index is -1.90. The molecule has 4 aliphatic rings. The zero-order valence-electron chi connectivity index (χ0n) is 13.6. The molecule has 4 fully saturated rings. The number of fused-ring (bicyclic) bond motifs is 5. The van der Waals surface area contributed by atoms with Gasteiger partial charge < -0.3 is 10.2 Å². The summed E-state index contributed by atoms with van der Waals surface area (Å²) >= 11 is 0. The zero-order chi connectivity index (χ0) is 15.4. The number of terminal acetylenes is 1. The Hall–Kier alpha value is -0.520. The second-order valence-corrected chi connectivity index (χ2v) is 8.62. The molecule has 2 nitrogen and oxygen atoms in total. The Balaban J connectivity index is 1.64. The van der Waals surface area contributed by atoms with Gasteiger partial charge in [0.25, 0.3) is 0 Å². The van der Waals surface area contributed by atoms with Crippen molar-refractivity contribution >= 4 is 0 Å². The van der Waals surface area contributed by atoms with Crippen molar-refractivity contribution < 1.29 is 10.2 Å². The second kappa shape index (κ2) is 5.25. The summed E-state index contributed by atoms with van der Waals surface area (Å²) in [7, 11) is 0. The first kappa shape index (κ1) is 15.0. The standard InChI is InChI=1S/C20H30O2/c1-2-20(21,22)19-12-5-8-18(19)17-10-9-14-6-3-4-7-15(14)16(17)11-13-19/h1,14-18,21-22H,3-13H2/t14?,15-,16+,17+,18-,19+/m0/s1. The number of hydrogen-bond acceptors (Lipinski definition) is 2. The average Bonchev–Trinajstić information content (AvgIpc) is 3.00. The van der Waals surface area contributed by atoms with Crippen LogP contribution in [-0.2, 0) is 0 Å². The van der Waals surface area contributed by atoms with Gasteiger partial charge in [-0.15, -0.1) is 6.42 Å². The molecule has 1 unspecified atom stereocenters. The molecule has 4 aliphatic carbocycles. The van der Waals surface area contributed by atoms with E-state index in [1.165, 1.54) is 44.9 Å². The van der Waals surface area contributed by atoms with E-state index in [1.54, 1.807) is 0 Å². The van der Waals surface area contributed by atoms with Crippen LogP contribution in [0.15, 0.2) is 0 Å². The highest BCUT2D eigenvalue weighted by atomic mass is 16.5. The lowest BCUT2D eigenvalue weighted by atomic mass is 9.49. The van der Waals surface area contributed by atoms with E-state index in [1.807, 2.05) is 0 Å². The average molecular weight is 302 g/mol. The molecule has 0 aromatic heterocycles. The monoisotopic (exact) mass is 302 g/mol. The van der Waals surface area contributed by atoms with Gasteiger partial charge in [-0.25, -0.2) is 0 Å². The molecule has 4 saturated carbocycles.